The molecule has 0 aliphatic rings. The predicted octanol–water partition coefficient (Wildman–Crippen LogP) is 5.35. The molecule has 0 saturated heterocycles. The van der Waals surface area contributed by atoms with Gasteiger partial charge in [0.2, 0.25) is 0 Å². The molecule has 2 aromatic carbocycles. The summed E-state index contributed by atoms with van der Waals surface area (Å²) in [5, 5.41) is 3.70. The maximum absolute atomic E-state index is 3.70. The first-order valence-corrected chi connectivity index (χ1v) is 8.45. The van der Waals surface area contributed by atoms with E-state index in [1.807, 2.05) is 0 Å². The van der Waals surface area contributed by atoms with Crippen LogP contribution < -0.4 is 5.32 Å². The van der Waals surface area contributed by atoms with Crippen molar-refractivity contribution in [3.63, 3.8) is 0 Å². The van der Waals surface area contributed by atoms with E-state index in [2.05, 4.69) is 84.5 Å². The van der Waals surface area contributed by atoms with Gasteiger partial charge in [-0.25, -0.2) is 0 Å². The number of aryl methyl sites for hydroxylation is 1. The Kier molecular flexibility index (Phi) is 6.01. The summed E-state index contributed by atoms with van der Waals surface area (Å²) < 4.78 is 1.19. The lowest BCUT2D eigenvalue weighted by molar-refractivity contribution is 0.527. The highest BCUT2D eigenvalue weighted by Gasteiger charge is 2.15. The highest BCUT2D eigenvalue weighted by molar-refractivity contribution is 9.10. The second-order valence-electron chi connectivity index (χ2n) is 5.65. The number of nitrogens with one attached hydrogen (secondary N) is 1. The third-order valence-corrected chi connectivity index (χ3v) is 4.71. The first-order valence-electron chi connectivity index (χ1n) is 7.65. The van der Waals surface area contributed by atoms with Crippen LogP contribution in [0, 0.1) is 13.8 Å². The van der Waals surface area contributed by atoms with E-state index in [1.54, 1.807) is 0 Å². The molecule has 0 heterocycles. The fourth-order valence-corrected chi connectivity index (χ4v) is 3.07. The first-order chi connectivity index (χ1) is 10.1. The van der Waals surface area contributed by atoms with Crippen molar-refractivity contribution in [3.8, 4) is 0 Å². The second-order valence-corrected chi connectivity index (χ2v) is 6.51. The van der Waals surface area contributed by atoms with Gasteiger partial charge in [-0.15, -0.1) is 0 Å². The number of rotatable bonds is 6. The zero-order valence-electron chi connectivity index (χ0n) is 13.1. The van der Waals surface area contributed by atoms with E-state index in [0.29, 0.717) is 6.04 Å². The quantitative estimate of drug-likeness (QED) is 0.743. The van der Waals surface area contributed by atoms with Crippen molar-refractivity contribution in [2.24, 2.45) is 0 Å². The van der Waals surface area contributed by atoms with E-state index in [4.69, 9.17) is 0 Å². The summed E-state index contributed by atoms with van der Waals surface area (Å²) in [5.41, 5.74) is 5.44. The predicted molar refractivity (Wildman–Crippen MR) is 94.8 cm³/mol. The molecule has 0 saturated carbocycles. The molecule has 1 nitrogen and oxygen atoms in total. The lowest BCUT2D eigenvalue weighted by Crippen LogP contribution is -2.25. The van der Waals surface area contributed by atoms with Crippen LogP contribution in [0.25, 0.3) is 0 Å². The first kappa shape index (κ1) is 16.3. The molecule has 0 bridgehead atoms. The molecule has 21 heavy (non-hydrogen) atoms. The van der Waals surface area contributed by atoms with Crippen molar-refractivity contribution in [2.75, 3.05) is 6.54 Å². The maximum Gasteiger partial charge on any atom is 0.0363 e. The summed E-state index contributed by atoms with van der Waals surface area (Å²) in [6.07, 6.45) is 2.18. The topological polar surface area (TPSA) is 12.0 Å². The Labute approximate surface area is 136 Å². The Bertz CT molecular complexity index is 592. The van der Waals surface area contributed by atoms with Gasteiger partial charge in [-0.1, -0.05) is 64.8 Å². The fourth-order valence-electron chi connectivity index (χ4n) is 2.69. The molecular weight excluding hydrogens is 322 g/mol. The van der Waals surface area contributed by atoms with Gasteiger partial charge in [-0.2, -0.15) is 0 Å². The molecule has 0 fully saturated rings. The Balaban J connectivity index is 2.27. The summed E-state index contributed by atoms with van der Waals surface area (Å²) in [5.74, 6) is 0. The standard InChI is InChI=1S/C19H24BrN/c1-4-11-21-19(13-16-8-5-7-14(2)12-16)17-9-6-10-18(20)15(17)3/h5-10,12,19,21H,4,11,13H2,1-3H3. The number of hydrogen-bond acceptors (Lipinski definition) is 1. The van der Waals surface area contributed by atoms with Crippen molar-refractivity contribution < 1.29 is 0 Å². The molecule has 0 amide bonds. The van der Waals surface area contributed by atoms with E-state index in [-0.39, 0.29) is 0 Å². The molecule has 0 radical (unpaired) electrons. The average Bonchev–Trinajstić information content (AvgIpc) is 2.47. The van der Waals surface area contributed by atoms with Crippen LogP contribution in [0.3, 0.4) is 0 Å². The largest absolute Gasteiger partial charge is 0.310 e. The van der Waals surface area contributed by atoms with Gasteiger partial charge in [0.25, 0.3) is 0 Å². The molecule has 2 aromatic rings. The number of benzene rings is 2. The molecular formula is C19H24BrN. The number of halogens is 1. The van der Waals surface area contributed by atoms with E-state index >= 15 is 0 Å². The molecule has 0 aliphatic heterocycles. The smallest absolute Gasteiger partial charge is 0.0363 e. The van der Waals surface area contributed by atoms with Crippen LogP contribution in [0.5, 0.6) is 0 Å². The molecule has 112 valence electrons. The van der Waals surface area contributed by atoms with Crippen LogP contribution in [-0.2, 0) is 6.42 Å². The zero-order valence-corrected chi connectivity index (χ0v) is 14.7. The third kappa shape index (κ3) is 4.42. The van der Waals surface area contributed by atoms with Crippen molar-refractivity contribution in [2.45, 2.75) is 39.7 Å². The zero-order chi connectivity index (χ0) is 15.2. The van der Waals surface area contributed by atoms with Gasteiger partial charge in [0.15, 0.2) is 0 Å². The van der Waals surface area contributed by atoms with Gasteiger partial charge in [0.1, 0.15) is 0 Å². The Morgan fingerprint density at radius 3 is 2.57 bits per heavy atom. The van der Waals surface area contributed by atoms with Crippen LogP contribution in [0.2, 0.25) is 0 Å². The van der Waals surface area contributed by atoms with Crippen LogP contribution in [0.1, 0.15) is 41.6 Å². The van der Waals surface area contributed by atoms with E-state index in [0.717, 1.165) is 19.4 Å². The molecule has 2 heteroatoms. The third-order valence-electron chi connectivity index (χ3n) is 3.85. The lowest BCUT2D eigenvalue weighted by atomic mass is 9.94. The fraction of sp³-hybridized carbons (Fsp3) is 0.368. The van der Waals surface area contributed by atoms with Crippen molar-refractivity contribution >= 4 is 15.9 Å². The van der Waals surface area contributed by atoms with Gasteiger partial charge >= 0.3 is 0 Å². The maximum atomic E-state index is 3.70. The lowest BCUT2D eigenvalue weighted by Gasteiger charge is -2.22. The van der Waals surface area contributed by atoms with Crippen LogP contribution >= 0.6 is 15.9 Å². The van der Waals surface area contributed by atoms with Gasteiger partial charge in [0, 0.05) is 10.5 Å². The normalized spacial score (nSPS) is 12.4. The summed E-state index contributed by atoms with van der Waals surface area (Å²) >= 11 is 3.65. The van der Waals surface area contributed by atoms with Gasteiger partial charge in [-0.3, -0.25) is 0 Å². The van der Waals surface area contributed by atoms with Crippen LogP contribution in [-0.4, -0.2) is 6.54 Å². The van der Waals surface area contributed by atoms with Gasteiger partial charge < -0.3 is 5.32 Å². The molecule has 0 aromatic heterocycles. The second kappa shape index (κ2) is 7.77. The SMILES string of the molecule is CCCNC(Cc1cccc(C)c1)c1cccc(Br)c1C. The molecule has 1 unspecified atom stereocenters. The average molecular weight is 346 g/mol. The van der Waals surface area contributed by atoms with Crippen molar-refractivity contribution in [1.82, 2.24) is 5.32 Å². The van der Waals surface area contributed by atoms with Crippen molar-refractivity contribution in [1.29, 1.82) is 0 Å². The minimum Gasteiger partial charge on any atom is -0.310 e. The molecule has 0 spiro atoms. The molecule has 2 rings (SSSR count). The highest BCUT2D eigenvalue weighted by Crippen LogP contribution is 2.27. The minimum atomic E-state index is 0.365. The molecule has 1 N–H and O–H groups in total. The van der Waals surface area contributed by atoms with E-state index < -0.39 is 0 Å². The molecule has 1 atom stereocenters. The van der Waals surface area contributed by atoms with Gasteiger partial charge in [-0.05, 0) is 56.0 Å². The van der Waals surface area contributed by atoms with E-state index in [9.17, 15) is 0 Å². The van der Waals surface area contributed by atoms with Gasteiger partial charge in [0.05, 0.1) is 0 Å². The molecule has 0 aliphatic carbocycles. The van der Waals surface area contributed by atoms with Crippen LogP contribution in [0.4, 0.5) is 0 Å². The summed E-state index contributed by atoms with van der Waals surface area (Å²) in [4.78, 5) is 0. The Morgan fingerprint density at radius 1 is 1.10 bits per heavy atom. The van der Waals surface area contributed by atoms with Crippen molar-refractivity contribution in [3.05, 3.63) is 69.2 Å². The highest BCUT2D eigenvalue weighted by atomic mass is 79.9. The summed E-state index contributed by atoms with van der Waals surface area (Å²) in [6, 6.07) is 15.7. The van der Waals surface area contributed by atoms with E-state index in [1.165, 1.54) is 26.7 Å². The Morgan fingerprint density at radius 2 is 1.86 bits per heavy atom. The Hall–Kier alpha value is -1.12. The van der Waals surface area contributed by atoms with Crippen LogP contribution in [0.15, 0.2) is 46.9 Å². The number of hydrogen-bond donors (Lipinski definition) is 1. The minimum absolute atomic E-state index is 0.365. The monoisotopic (exact) mass is 345 g/mol. The summed E-state index contributed by atoms with van der Waals surface area (Å²) in [6.45, 7) is 7.60. The summed E-state index contributed by atoms with van der Waals surface area (Å²) in [7, 11) is 0.